The zero-order chi connectivity index (χ0) is 21.1. The molecule has 162 valence electrons. The predicted octanol–water partition coefficient (Wildman–Crippen LogP) is 3.82. The molecule has 6 nitrogen and oxygen atoms in total. The second kappa shape index (κ2) is 9.58. The maximum Gasteiger partial charge on any atom is 0.255 e. The first-order valence-corrected chi connectivity index (χ1v) is 13.5. The number of carbonyl (C=O) groups excluding carboxylic acids is 1. The van der Waals surface area contributed by atoms with Crippen LogP contribution in [0.3, 0.4) is 0 Å². The van der Waals surface area contributed by atoms with Crippen LogP contribution < -0.4 is 0 Å². The molecule has 2 aromatic rings. The van der Waals surface area contributed by atoms with Crippen molar-refractivity contribution in [3.63, 3.8) is 0 Å². The number of thioether (sulfide) groups is 1. The Kier molecular flexibility index (Phi) is 7.06. The smallest absolute Gasteiger partial charge is 0.255 e. The molecule has 2 saturated heterocycles. The molecule has 3 heterocycles. The van der Waals surface area contributed by atoms with Crippen molar-refractivity contribution in [2.75, 3.05) is 38.5 Å². The first-order chi connectivity index (χ1) is 14.4. The summed E-state index contributed by atoms with van der Waals surface area (Å²) in [7, 11) is -3.57. The van der Waals surface area contributed by atoms with Crippen LogP contribution in [0, 0.1) is 0 Å². The molecule has 10 heteroatoms. The molecule has 1 atom stereocenters. The van der Waals surface area contributed by atoms with Gasteiger partial charge < -0.3 is 9.64 Å². The Hall–Kier alpha value is -1.10. The number of hydrogen-bond donors (Lipinski definition) is 0. The van der Waals surface area contributed by atoms with E-state index in [0.717, 1.165) is 41.4 Å². The fourth-order valence-corrected chi connectivity index (χ4v) is 7.77. The highest BCUT2D eigenvalue weighted by Gasteiger charge is 2.32. The topological polar surface area (TPSA) is 66.9 Å². The molecule has 0 aliphatic carbocycles. The molecule has 0 saturated carbocycles. The molecule has 1 amide bonds. The number of hydrogen-bond acceptors (Lipinski definition) is 6. The summed E-state index contributed by atoms with van der Waals surface area (Å²) in [5.41, 5.74) is 0.668. The summed E-state index contributed by atoms with van der Waals surface area (Å²) in [6, 6.07) is 10.7. The van der Waals surface area contributed by atoms with E-state index in [-0.39, 0.29) is 29.3 Å². The average Bonchev–Trinajstić information content (AvgIpc) is 3.44. The average molecular weight is 487 g/mol. The molecule has 2 aliphatic rings. The number of amides is 1. The van der Waals surface area contributed by atoms with Gasteiger partial charge in [0, 0.05) is 43.4 Å². The van der Waals surface area contributed by atoms with Gasteiger partial charge in [0.15, 0.2) is 0 Å². The molecule has 1 aromatic heterocycles. The molecular weight excluding hydrogens is 464 g/mol. The third-order valence-electron chi connectivity index (χ3n) is 5.23. The van der Waals surface area contributed by atoms with E-state index in [9.17, 15) is 13.2 Å². The van der Waals surface area contributed by atoms with Gasteiger partial charge in [-0.05, 0) is 37.1 Å². The standard InChI is InChI=1S/C20H23ClN2O4S3/c21-18-7-8-19(29-18)30(25,26)23-11-9-22(10-12-23)20(24)16-5-1-2-6-17(16)28-14-15-4-3-13-27-15/h1-2,5-8,15H,3-4,9-14H2/t15-/m1/s1. The van der Waals surface area contributed by atoms with Crippen LogP contribution in [0.25, 0.3) is 0 Å². The Labute approximate surface area is 190 Å². The number of piperazine rings is 1. The number of sulfonamides is 1. The number of benzene rings is 1. The van der Waals surface area contributed by atoms with Crippen LogP contribution in [0.15, 0.2) is 45.5 Å². The minimum absolute atomic E-state index is 0.0540. The van der Waals surface area contributed by atoms with E-state index < -0.39 is 10.0 Å². The lowest BCUT2D eigenvalue weighted by Gasteiger charge is -2.34. The third-order valence-corrected chi connectivity index (χ3v) is 10.0. The second-order valence-electron chi connectivity index (χ2n) is 7.20. The van der Waals surface area contributed by atoms with Crippen molar-refractivity contribution in [1.29, 1.82) is 0 Å². The molecule has 0 spiro atoms. The zero-order valence-electron chi connectivity index (χ0n) is 16.3. The van der Waals surface area contributed by atoms with Crippen molar-refractivity contribution >= 4 is 50.6 Å². The number of rotatable bonds is 6. The summed E-state index contributed by atoms with van der Waals surface area (Å²) >= 11 is 8.60. The van der Waals surface area contributed by atoms with Gasteiger partial charge in [0.1, 0.15) is 4.21 Å². The monoisotopic (exact) mass is 486 g/mol. The number of halogens is 1. The molecule has 0 N–H and O–H groups in total. The SMILES string of the molecule is O=C(c1ccccc1SC[C@H]1CCCO1)N1CCN(S(=O)(=O)c2ccc(Cl)s2)CC1. The highest BCUT2D eigenvalue weighted by Crippen LogP contribution is 2.30. The first-order valence-electron chi connectivity index (χ1n) is 9.83. The zero-order valence-corrected chi connectivity index (χ0v) is 19.5. The lowest BCUT2D eigenvalue weighted by Crippen LogP contribution is -2.50. The van der Waals surface area contributed by atoms with Gasteiger partial charge in [0.2, 0.25) is 0 Å². The summed E-state index contributed by atoms with van der Waals surface area (Å²) in [5.74, 6) is 0.779. The minimum atomic E-state index is -3.57. The number of ether oxygens (including phenoxy) is 1. The van der Waals surface area contributed by atoms with E-state index in [1.165, 1.54) is 10.4 Å². The van der Waals surface area contributed by atoms with Crippen LogP contribution >= 0.6 is 34.7 Å². The van der Waals surface area contributed by atoms with Crippen molar-refractivity contribution in [3.05, 3.63) is 46.3 Å². The number of nitrogens with zero attached hydrogens (tertiary/aromatic N) is 2. The van der Waals surface area contributed by atoms with Crippen molar-refractivity contribution in [2.45, 2.75) is 28.1 Å². The normalized spacial score (nSPS) is 20.6. The Morgan fingerprint density at radius 1 is 1.17 bits per heavy atom. The first kappa shape index (κ1) is 22.1. The Balaban J connectivity index is 1.40. The lowest BCUT2D eigenvalue weighted by atomic mass is 10.2. The molecule has 1 aromatic carbocycles. The van der Waals surface area contributed by atoms with Gasteiger partial charge in [0.25, 0.3) is 15.9 Å². The minimum Gasteiger partial charge on any atom is -0.377 e. The number of thiophene rings is 1. The van der Waals surface area contributed by atoms with Crippen molar-refractivity contribution in [1.82, 2.24) is 9.21 Å². The summed E-state index contributed by atoms with van der Waals surface area (Å²) in [6.07, 6.45) is 2.41. The highest BCUT2D eigenvalue weighted by atomic mass is 35.5. The third kappa shape index (κ3) is 4.87. The van der Waals surface area contributed by atoms with Gasteiger partial charge in [-0.1, -0.05) is 23.7 Å². The molecule has 0 unspecified atom stereocenters. The molecule has 2 fully saturated rings. The van der Waals surface area contributed by atoms with Crippen molar-refractivity contribution in [2.24, 2.45) is 0 Å². The lowest BCUT2D eigenvalue weighted by molar-refractivity contribution is 0.0694. The molecule has 30 heavy (non-hydrogen) atoms. The van der Waals surface area contributed by atoms with E-state index in [4.69, 9.17) is 16.3 Å². The summed E-state index contributed by atoms with van der Waals surface area (Å²) in [5, 5.41) is 0. The van der Waals surface area contributed by atoms with Crippen LogP contribution in [0.2, 0.25) is 4.34 Å². The highest BCUT2D eigenvalue weighted by molar-refractivity contribution is 7.99. The molecule has 2 aliphatic heterocycles. The van der Waals surface area contributed by atoms with E-state index in [1.807, 2.05) is 24.3 Å². The van der Waals surface area contributed by atoms with E-state index in [0.29, 0.717) is 23.0 Å². The van der Waals surface area contributed by atoms with E-state index >= 15 is 0 Å². The van der Waals surface area contributed by atoms with Crippen LogP contribution in [0.4, 0.5) is 0 Å². The van der Waals surface area contributed by atoms with Crippen molar-refractivity contribution < 1.29 is 17.9 Å². The van der Waals surface area contributed by atoms with Crippen LogP contribution in [-0.2, 0) is 14.8 Å². The fourth-order valence-electron chi connectivity index (χ4n) is 3.59. The maximum absolute atomic E-state index is 13.1. The van der Waals surface area contributed by atoms with E-state index in [2.05, 4.69) is 0 Å². The van der Waals surface area contributed by atoms with Crippen LogP contribution in [-0.4, -0.2) is 68.2 Å². The maximum atomic E-state index is 13.1. The predicted molar refractivity (Wildman–Crippen MR) is 120 cm³/mol. The van der Waals surface area contributed by atoms with Gasteiger partial charge in [-0.3, -0.25) is 4.79 Å². The van der Waals surface area contributed by atoms with Crippen LogP contribution in [0.1, 0.15) is 23.2 Å². The van der Waals surface area contributed by atoms with Crippen LogP contribution in [0.5, 0.6) is 0 Å². The number of carbonyl (C=O) groups is 1. The second-order valence-corrected chi connectivity index (χ2v) is 12.1. The van der Waals surface area contributed by atoms with Gasteiger partial charge in [-0.25, -0.2) is 8.42 Å². The Morgan fingerprint density at radius 3 is 2.60 bits per heavy atom. The molecule has 4 rings (SSSR count). The van der Waals surface area contributed by atoms with Gasteiger partial charge >= 0.3 is 0 Å². The Morgan fingerprint density at radius 2 is 1.93 bits per heavy atom. The van der Waals surface area contributed by atoms with Crippen molar-refractivity contribution in [3.8, 4) is 0 Å². The summed E-state index contributed by atoms with van der Waals surface area (Å²) in [6.45, 7) is 2.09. The molecule has 0 bridgehead atoms. The fraction of sp³-hybridized carbons (Fsp3) is 0.450. The molecular formula is C20H23ClN2O4S3. The quantitative estimate of drug-likeness (QED) is 0.581. The Bertz CT molecular complexity index is 997. The largest absolute Gasteiger partial charge is 0.377 e. The van der Waals surface area contributed by atoms with Gasteiger partial charge in [-0.15, -0.1) is 23.1 Å². The van der Waals surface area contributed by atoms with E-state index in [1.54, 1.807) is 22.7 Å². The van der Waals surface area contributed by atoms with Gasteiger partial charge in [-0.2, -0.15) is 4.31 Å². The summed E-state index contributed by atoms with van der Waals surface area (Å²) < 4.78 is 33.3. The molecule has 0 radical (unpaired) electrons. The summed E-state index contributed by atoms with van der Waals surface area (Å²) in [4.78, 5) is 15.8. The van der Waals surface area contributed by atoms with Gasteiger partial charge in [0.05, 0.1) is 16.0 Å².